The van der Waals surface area contributed by atoms with Crippen LogP contribution in [-0.2, 0) is 4.79 Å². The molecule has 0 radical (unpaired) electrons. The molecule has 2 heterocycles. The van der Waals surface area contributed by atoms with Crippen LogP contribution in [0.2, 0.25) is 0 Å². The lowest BCUT2D eigenvalue weighted by molar-refractivity contribution is -0.134. The highest BCUT2D eigenvalue weighted by molar-refractivity contribution is 5.97. The van der Waals surface area contributed by atoms with E-state index in [0.717, 1.165) is 6.42 Å². The van der Waals surface area contributed by atoms with Gasteiger partial charge in [0.25, 0.3) is 5.91 Å². The molecule has 1 aliphatic carbocycles. The molecule has 0 bridgehead atoms. The number of hydrogen-bond donors (Lipinski definition) is 0. The van der Waals surface area contributed by atoms with E-state index in [2.05, 4.69) is 11.9 Å². The smallest absolute Gasteiger partial charge is 0.257 e. The van der Waals surface area contributed by atoms with Crippen molar-refractivity contribution in [1.29, 1.82) is 0 Å². The second kappa shape index (κ2) is 7.39. The summed E-state index contributed by atoms with van der Waals surface area (Å²) in [6.07, 6.45) is 4.29. The van der Waals surface area contributed by atoms with Crippen LogP contribution in [0, 0.1) is 11.8 Å². The maximum Gasteiger partial charge on any atom is 0.257 e. The Morgan fingerprint density at radius 3 is 2.41 bits per heavy atom. The van der Waals surface area contributed by atoms with Crippen LogP contribution in [0.1, 0.15) is 23.7 Å². The molecule has 2 atom stereocenters. The fourth-order valence-electron chi connectivity index (χ4n) is 3.47. The van der Waals surface area contributed by atoms with Gasteiger partial charge in [0.1, 0.15) is 11.5 Å². The summed E-state index contributed by atoms with van der Waals surface area (Å²) in [6.45, 7) is 4.40. The van der Waals surface area contributed by atoms with E-state index in [9.17, 15) is 9.59 Å². The second-order valence-electron chi connectivity index (χ2n) is 7.22. The van der Waals surface area contributed by atoms with E-state index in [1.54, 1.807) is 41.6 Å². The average molecular weight is 365 g/mol. The minimum Gasteiger partial charge on any atom is -0.455 e. The van der Waals surface area contributed by atoms with Crippen molar-refractivity contribution in [2.75, 3.05) is 26.2 Å². The van der Waals surface area contributed by atoms with E-state index in [0.29, 0.717) is 49.2 Å². The summed E-state index contributed by atoms with van der Waals surface area (Å²) < 4.78 is 5.86. The van der Waals surface area contributed by atoms with Crippen LogP contribution in [-0.4, -0.2) is 52.8 Å². The molecule has 6 heteroatoms. The predicted octanol–water partition coefficient (Wildman–Crippen LogP) is 2.81. The van der Waals surface area contributed by atoms with E-state index in [-0.39, 0.29) is 17.7 Å². The Bertz CT molecular complexity index is 832. The van der Waals surface area contributed by atoms with Crippen molar-refractivity contribution in [2.45, 2.75) is 13.3 Å². The van der Waals surface area contributed by atoms with Crippen LogP contribution >= 0.6 is 0 Å². The fraction of sp³-hybridized carbons (Fsp3) is 0.381. The first kappa shape index (κ1) is 17.5. The fourth-order valence-corrected chi connectivity index (χ4v) is 3.47. The molecule has 2 aromatic rings. The van der Waals surface area contributed by atoms with Gasteiger partial charge in [-0.3, -0.25) is 14.6 Å². The van der Waals surface area contributed by atoms with Crippen LogP contribution in [0.4, 0.5) is 0 Å². The summed E-state index contributed by atoms with van der Waals surface area (Å²) in [5.41, 5.74) is 0.525. The Balaban J connectivity index is 1.42. The minimum atomic E-state index is -0.0682. The number of hydrogen-bond acceptors (Lipinski definition) is 4. The van der Waals surface area contributed by atoms with E-state index in [4.69, 9.17) is 4.74 Å². The zero-order valence-corrected chi connectivity index (χ0v) is 15.4. The minimum absolute atomic E-state index is 0.0682. The summed E-state index contributed by atoms with van der Waals surface area (Å²) >= 11 is 0. The molecule has 27 heavy (non-hydrogen) atoms. The number of benzene rings is 1. The Morgan fingerprint density at radius 1 is 1.04 bits per heavy atom. The van der Waals surface area contributed by atoms with Gasteiger partial charge in [-0.2, -0.15) is 0 Å². The molecule has 140 valence electrons. The zero-order chi connectivity index (χ0) is 18.8. The van der Waals surface area contributed by atoms with Crippen molar-refractivity contribution in [3.05, 3.63) is 54.4 Å². The van der Waals surface area contributed by atoms with Gasteiger partial charge in [0.15, 0.2) is 0 Å². The molecule has 0 spiro atoms. The first-order valence-corrected chi connectivity index (χ1v) is 9.38. The monoisotopic (exact) mass is 365 g/mol. The maximum absolute atomic E-state index is 13.0. The van der Waals surface area contributed by atoms with Crippen molar-refractivity contribution < 1.29 is 14.3 Å². The van der Waals surface area contributed by atoms with Gasteiger partial charge in [-0.25, -0.2) is 0 Å². The molecule has 4 rings (SSSR count). The van der Waals surface area contributed by atoms with Gasteiger partial charge in [0, 0.05) is 38.3 Å². The molecule has 2 aliphatic rings. The van der Waals surface area contributed by atoms with Crippen molar-refractivity contribution in [3.63, 3.8) is 0 Å². The molecule has 1 saturated carbocycles. The largest absolute Gasteiger partial charge is 0.455 e. The van der Waals surface area contributed by atoms with Crippen molar-refractivity contribution in [1.82, 2.24) is 14.8 Å². The molecule has 6 nitrogen and oxygen atoms in total. The number of carbonyl (C=O) groups excluding carboxylic acids is 2. The number of aromatic nitrogens is 1. The number of rotatable bonds is 4. The number of piperazine rings is 1. The van der Waals surface area contributed by atoms with Gasteiger partial charge >= 0.3 is 0 Å². The molecule has 1 aliphatic heterocycles. The lowest BCUT2D eigenvalue weighted by Crippen LogP contribution is -2.51. The molecule has 1 saturated heterocycles. The molecule has 1 aromatic heterocycles. The second-order valence-corrected chi connectivity index (χ2v) is 7.22. The molecular formula is C21H23N3O3. The van der Waals surface area contributed by atoms with Crippen LogP contribution in [0.3, 0.4) is 0 Å². The van der Waals surface area contributed by atoms with Crippen molar-refractivity contribution in [3.8, 4) is 11.5 Å². The van der Waals surface area contributed by atoms with Gasteiger partial charge in [-0.1, -0.05) is 19.1 Å². The Labute approximate surface area is 158 Å². The quantitative estimate of drug-likeness (QED) is 0.836. The molecule has 0 unspecified atom stereocenters. The summed E-state index contributed by atoms with van der Waals surface area (Å²) in [4.78, 5) is 33.1. The number of nitrogens with zero attached hydrogens (tertiary/aromatic N) is 3. The summed E-state index contributed by atoms with van der Waals surface area (Å²) in [7, 11) is 0. The summed E-state index contributed by atoms with van der Waals surface area (Å²) in [6, 6.07) is 10.8. The molecule has 1 aromatic carbocycles. The predicted molar refractivity (Wildman–Crippen MR) is 101 cm³/mol. The number of carbonyl (C=O) groups is 2. The number of amides is 2. The summed E-state index contributed by atoms with van der Waals surface area (Å²) in [5, 5.41) is 0. The average Bonchev–Trinajstić information content (AvgIpc) is 3.45. The lowest BCUT2D eigenvalue weighted by atomic mass is 10.1. The van der Waals surface area contributed by atoms with Crippen LogP contribution < -0.4 is 4.74 Å². The standard InChI is InChI=1S/C21H23N3O3/c1-15-13-18(15)21(26)24-11-9-23(10-12-24)20(25)17-6-2-3-7-19(17)27-16-5-4-8-22-14-16/h2-8,14-15,18H,9-13H2,1H3/t15-,18+/m0/s1. The van der Waals surface area contributed by atoms with E-state index in [1.807, 2.05) is 17.0 Å². The highest BCUT2D eigenvalue weighted by Gasteiger charge is 2.42. The third-order valence-corrected chi connectivity index (χ3v) is 5.28. The van der Waals surface area contributed by atoms with E-state index in [1.165, 1.54) is 0 Å². The van der Waals surface area contributed by atoms with Crippen LogP contribution in [0.25, 0.3) is 0 Å². The van der Waals surface area contributed by atoms with Gasteiger partial charge < -0.3 is 14.5 Å². The van der Waals surface area contributed by atoms with Crippen molar-refractivity contribution >= 4 is 11.8 Å². The van der Waals surface area contributed by atoms with E-state index < -0.39 is 0 Å². The van der Waals surface area contributed by atoms with Gasteiger partial charge in [0.05, 0.1) is 11.8 Å². The third kappa shape index (κ3) is 3.79. The van der Waals surface area contributed by atoms with E-state index >= 15 is 0 Å². The number of pyridine rings is 1. The highest BCUT2D eigenvalue weighted by atomic mass is 16.5. The summed E-state index contributed by atoms with van der Waals surface area (Å²) in [5.74, 6) is 1.98. The number of para-hydroxylation sites is 1. The number of ether oxygens (including phenoxy) is 1. The Hall–Kier alpha value is -2.89. The third-order valence-electron chi connectivity index (χ3n) is 5.28. The van der Waals surface area contributed by atoms with Gasteiger partial charge in [-0.15, -0.1) is 0 Å². The molecular weight excluding hydrogens is 342 g/mol. The molecule has 0 N–H and O–H groups in total. The van der Waals surface area contributed by atoms with Crippen molar-refractivity contribution in [2.24, 2.45) is 11.8 Å². The zero-order valence-electron chi connectivity index (χ0n) is 15.4. The Morgan fingerprint density at radius 2 is 1.74 bits per heavy atom. The first-order valence-electron chi connectivity index (χ1n) is 9.38. The highest BCUT2D eigenvalue weighted by Crippen LogP contribution is 2.39. The topological polar surface area (TPSA) is 62.7 Å². The van der Waals surface area contributed by atoms with Gasteiger partial charge in [0.2, 0.25) is 5.91 Å². The normalized spacial score (nSPS) is 21.7. The maximum atomic E-state index is 13.0. The van der Waals surface area contributed by atoms with Crippen LogP contribution in [0.15, 0.2) is 48.8 Å². The van der Waals surface area contributed by atoms with Gasteiger partial charge in [-0.05, 0) is 36.6 Å². The Kier molecular flexibility index (Phi) is 4.79. The van der Waals surface area contributed by atoms with Crippen LogP contribution in [0.5, 0.6) is 11.5 Å². The lowest BCUT2D eigenvalue weighted by Gasteiger charge is -2.35. The molecule has 2 amide bonds. The SMILES string of the molecule is C[C@H]1C[C@H]1C(=O)N1CCN(C(=O)c2ccccc2Oc2cccnc2)CC1. The first-order chi connectivity index (χ1) is 13.1. The molecule has 2 fully saturated rings.